The average molecular weight is 448 g/mol. The van der Waals surface area contributed by atoms with Gasteiger partial charge in [-0.15, -0.1) is 16.0 Å². The van der Waals surface area contributed by atoms with Gasteiger partial charge in [0.1, 0.15) is 0 Å². The Morgan fingerprint density at radius 3 is 1.70 bits per heavy atom. The smallest absolute Gasteiger partial charge is 0.344 e. The van der Waals surface area contributed by atoms with Gasteiger partial charge in [0.05, 0.1) is 0 Å². The molecule has 0 aromatic heterocycles. The van der Waals surface area contributed by atoms with Crippen LogP contribution in [0.4, 0.5) is 0 Å². The van der Waals surface area contributed by atoms with Gasteiger partial charge in [-0.05, 0) is 25.7 Å². The zero-order chi connectivity index (χ0) is 20.3. The van der Waals surface area contributed by atoms with Crippen molar-refractivity contribution in [2.24, 2.45) is 0 Å². The van der Waals surface area contributed by atoms with Gasteiger partial charge in [-0.25, -0.2) is 0 Å². The molecule has 1 atom stereocenters. The van der Waals surface area contributed by atoms with Crippen LogP contribution in [0.15, 0.2) is 42.5 Å². The number of hydrogen-bond acceptors (Lipinski definition) is 1. The fourth-order valence-corrected chi connectivity index (χ4v) is 5.38. The molecule has 1 aromatic rings. The first kappa shape index (κ1) is 32.2. The third-order valence-corrected chi connectivity index (χ3v) is 8.81. The minimum Gasteiger partial charge on any atom is -0.344 e. The molecule has 3 heteroatoms. The normalized spacial score (nSPS) is 12.6. The van der Waals surface area contributed by atoms with Crippen LogP contribution in [0.25, 0.3) is 0 Å². The predicted molar refractivity (Wildman–Crippen MR) is 142 cm³/mol. The van der Waals surface area contributed by atoms with E-state index in [2.05, 4.69) is 61.4 Å². The van der Waals surface area contributed by atoms with E-state index in [4.69, 9.17) is 0 Å². The van der Waals surface area contributed by atoms with Gasteiger partial charge in [0, 0.05) is 0 Å². The van der Waals surface area contributed by atoms with Crippen molar-refractivity contribution in [3.05, 3.63) is 48.0 Å². The summed E-state index contributed by atoms with van der Waals surface area (Å²) in [7, 11) is 0. The van der Waals surface area contributed by atoms with Crippen molar-refractivity contribution in [3.63, 3.8) is 0 Å². The largest absolute Gasteiger partial charge is 0.376 e. The van der Waals surface area contributed by atoms with Crippen molar-refractivity contribution in [2.45, 2.75) is 119 Å². The third-order valence-electron chi connectivity index (χ3n) is 6.49. The van der Waals surface area contributed by atoms with Crippen LogP contribution in [-0.2, 0) is 3.54 Å². The average Bonchev–Trinajstić information content (AvgIpc) is 2.74. The molecule has 30 heavy (non-hydrogen) atoms. The Labute approximate surface area is 205 Å². The molecule has 0 heterocycles. The Morgan fingerprint density at radius 2 is 1.20 bits per heavy atom. The highest BCUT2D eigenvalue weighted by Gasteiger charge is 2.24. The molecule has 0 radical (unpaired) electrons. The molecule has 0 fully saturated rings. The van der Waals surface area contributed by atoms with E-state index in [1.807, 2.05) is 0 Å². The van der Waals surface area contributed by atoms with Gasteiger partial charge >= 0.3 is 20.4 Å². The van der Waals surface area contributed by atoms with E-state index < -0.39 is 0 Å². The first-order chi connectivity index (χ1) is 13.7. The maximum Gasteiger partial charge on any atom is 0.376 e. The molecule has 0 amide bonds. The number of unbranched alkanes of at least 4 members (excludes halogenated alkanes) is 12. The van der Waals surface area contributed by atoms with Gasteiger partial charge in [-0.3, -0.25) is 0 Å². The molecule has 1 aromatic carbocycles. The van der Waals surface area contributed by atoms with Crippen LogP contribution in [0.1, 0.15) is 116 Å². The van der Waals surface area contributed by atoms with E-state index in [0.29, 0.717) is 3.54 Å². The maximum atomic E-state index is 2.51. The fourth-order valence-electron chi connectivity index (χ4n) is 4.13. The van der Waals surface area contributed by atoms with Crippen molar-refractivity contribution >= 4 is 32.8 Å². The molecular formula is C27H50ClMgN. The highest BCUT2D eigenvalue weighted by Crippen LogP contribution is 2.29. The van der Waals surface area contributed by atoms with Crippen LogP contribution in [0, 0.1) is 0 Å². The highest BCUT2D eigenvalue weighted by atomic mass is 35.5. The summed E-state index contributed by atoms with van der Waals surface area (Å²) in [5.41, 5.74) is 1.58. The Bertz CT molecular complexity index is 491. The number of allylic oxidation sites excluding steroid dienone is 2. The van der Waals surface area contributed by atoms with E-state index in [9.17, 15) is 0 Å². The standard InChI is InChI=1S/C26H43.CH3.ClH.Mg.H3N/c1-3-4-5-6-7-8-9-10-11-12-13-14-15-16-17-19-22-25(2)26-23-20-18-21-24-26;;;;/h10-11,18,20-21,23-24H,3-9,12-17,19,22H2,1-2H3;1H3;1H;;1H3/b11-10-;;;;. The van der Waals surface area contributed by atoms with E-state index in [0.717, 1.165) is 0 Å². The van der Waals surface area contributed by atoms with Crippen LogP contribution in [0.3, 0.4) is 0 Å². The minimum atomic E-state index is -0.0402. The summed E-state index contributed by atoms with van der Waals surface area (Å²) in [6.45, 7) is 4.80. The van der Waals surface area contributed by atoms with Crippen molar-refractivity contribution in [2.75, 3.05) is 0 Å². The minimum absolute atomic E-state index is 0. The molecule has 0 bridgehead atoms. The monoisotopic (exact) mass is 447 g/mol. The lowest BCUT2D eigenvalue weighted by Crippen LogP contribution is -2.27. The van der Waals surface area contributed by atoms with Crippen LogP contribution >= 0.6 is 12.4 Å². The summed E-state index contributed by atoms with van der Waals surface area (Å²) >= 11 is -0.0402. The summed E-state index contributed by atoms with van der Waals surface area (Å²) in [5.74, 6) is 0. The zero-order valence-electron chi connectivity index (χ0n) is 20.5. The topological polar surface area (TPSA) is 35.0 Å². The second kappa shape index (κ2) is 22.2. The third kappa shape index (κ3) is 15.7. The van der Waals surface area contributed by atoms with Gasteiger partial charge < -0.3 is 6.15 Å². The van der Waals surface area contributed by atoms with E-state index in [1.54, 1.807) is 5.56 Å². The Hall–Kier alpha value is -0.0238. The number of benzene rings is 1. The lowest BCUT2D eigenvalue weighted by Gasteiger charge is -2.29. The van der Waals surface area contributed by atoms with Crippen molar-refractivity contribution in [1.82, 2.24) is 6.15 Å². The van der Waals surface area contributed by atoms with E-state index in [1.165, 1.54) is 96.3 Å². The van der Waals surface area contributed by atoms with Crippen molar-refractivity contribution in [3.8, 4) is 0 Å². The van der Waals surface area contributed by atoms with Crippen molar-refractivity contribution < 1.29 is 0 Å². The Balaban J connectivity index is 0. The van der Waals surface area contributed by atoms with Crippen LogP contribution in [0.2, 0.25) is 5.05 Å². The molecule has 0 spiro atoms. The van der Waals surface area contributed by atoms with Crippen LogP contribution < -0.4 is 6.15 Å². The molecule has 3 N–H and O–H groups in total. The molecule has 1 nitrogen and oxygen atoms in total. The first-order valence-electron chi connectivity index (χ1n) is 12.4. The zero-order valence-corrected chi connectivity index (χ0v) is 22.7. The summed E-state index contributed by atoms with van der Waals surface area (Å²) in [6.07, 6.45) is 25.8. The fraction of sp³-hybridized carbons (Fsp3) is 0.704. The summed E-state index contributed by atoms with van der Waals surface area (Å²) < 4.78 is 0.502. The molecule has 1 unspecified atom stereocenters. The van der Waals surface area contributed by atoms with Crippen LogP contribution in [-0.4, -0.2) is 20.4 Å². The first-order valence-corrected chi connectivity index (χ1v) is 14.6. The lowest BCUT2D eigenvalue weighted by atomic mass is 9.93. The molecule has 0 aliphatic heterocycles. The predicted octanol–water partition coefficient (Wildman–Crippen LogP) is 9.67. The Kier molecular flexibility index (Phi) is 23.8. The number of rotatable bonds is 18. The van der Waals surface area contributed by atoms with Gasteiger partial charge in [0.25, 0.3) is 0 Å². The van der Waals surface area contributed by atoms with Crippen molar-refractivity contribution in [1.29, 1.82) is 0 Å². The lowest BCUT2D eigenvalue weighted by molar-refractivity contribution is 0.519. The van der Waals surface area contributed by atoms with Gasteiger partial charge in [0.2, 0.25) is 0 Å². The molecule has 0 saturated heterocycles. The number of halogens is 1. The van der Waals surface area contributed by atoms with Crippen LogP contribution in [0.5, 0.6) is 0 Å². The van der Waals surface area contributed by atoms with E-state index in [-0.39, 0.29) is 38.9 Å². The molecule has 0 aliphatic rings. The Morgan fingerprint density at radius 1 is 0.733 bits per heavy atom. The second-order valence-corrected chi connectivity index (χ2v) is 11.2. The molecule has 1 rings (SSSR count). The van der Waals surface area contributed by atoms with Gasteiger partial charge in [0.15, 0.2) is 0 Å². The number of hydrogen-bond donors (Lipinski definition) is 1. The quantitative estimate of drug-likeness (QED) is 0.135. The summed E-state index contributed by atoms with van der Waals surface area (Å²) in [4.78, 5) is 0. The molecule has 172 valence electrons. The van der Waals surface area contributed by atoms with Gasteiger partial charge in [-0.1, -0.05) is 133 Å². The second-order valence-electron chi connectivity index (χ2n) is 8.97. The molecule has 0 aliphatic carbocycles. The molecule has 0 saturated carbocycles. The SMILES string of the molecule is CCCCCCCC/C=C\CCCCCCCC[C](C)([Mg][CH3])c1ccccc1.Cl.N. The molecular weight excluding hydrogens is 398 g/mol. The van der Waals surface area contributed by atoms with Gasteiger partial charge in [-0.2, -0.15) is 5.05 Å². The summed E-state index contributed by atoms with van der Waals surface area (Å²) in [5, 5.41) is 2.48. The maximum absolute atomic E-state index is 2.51. The summed E-state index contributed by atoms with van der Waals surface area (Å²) in [6, 6.07) is 11.2. The highest BCUT2D eigenvalue weighted by molar-refractivity contribution is 6.38. The van der Waals surface area contributed by atoms with E-state index >= 15 is 0 Å².